The molecule has 0 aromatic heterocycles. The monoisotopic (exact) mass is 310 g/mol. The maximum atomic E-state index is 15.7. The number of alkyl halides is 1. The molecule has 1 heterocycles. The highest BCUT2D eigenvalue weighted by molar-refractivity contribution is 6.08. The Hall–Kier alpha value is -0.970. The Labute approximate surface area is 131 Å². The Balaban J connectivity index is 1.89. The number of hydrogen-bond acceptors (Lipinski definition) is 3. The van der Waals surface area contributed by atoms with Gasteiger partial charge < -0.3 is 10.2 Å². The van der Waals surface area contributed by atoms with Gasteiger partial charge >= 0.3 is 0 Å². The van der Waals surface area contributed by atoms with Gasteiger partial charge in [0.25, 0.3) is 0 Å². The van der Waals surface area contributed by atoms with Crippen molar-refractivity contribution < 1.29 is 14.0 Å². The summed E-state index contributed by atoms with van der Waals surface area (Å²) in [6, 6.07) is 0.111. The molecular formula is C17H27FN2O2. The predicted octanol–water partition coefficient (Wildman–Crippen LogP) is 1.93. The van der Waals surface area contributed by atoms with Crippen molar-refractivity contribution in [2.75, 3.05) is 20.1 Å². The third-order valence-corrected chi connectivity index (χ3v) is 7.12. The number of carbonyl (C=O) groups is 2. The standard InChI is InChI=1S/C17H27FN2O2/c1-15(2)16(3)7-8-17(15,18)12(13(16)21)14(22)20(4)11-5-9-19-10-6-11/h11-12,19H,5-10H2,1-4H3. The molecule has 3 unspecified atom stereocenters. The lowest BCUT2D eigenvalue weighted by Gasteiger charge is -2.38. The first-order valence-corrected chi connectivity index (χ1v) is 8.37. The van der Waals surface area contributed by atoms with Gasteiger partial charge in [0, 0.05) is 23.9 Å². The van der Waals surface area contributed by atoms with Crippen LogP contribution in [0.3, 0.4) is 0 Å². The molecule has 1 amide bonds. The highest BCUT2D eigenvalue weighted by Gasteiger charge is 2.77. The lowest BCUT2D eigenvalue weighted by Crippen LogP contribution is -2.52. The normalized spacial score (nSPS) is 41.0. The summed E-state index contributed by atoms with van der Waals surface area (Å²) in [5.74, 6) is -1.60. The van der Waals surface area contributed by atoms with E-state index in [2.05, 4.69) is 5.32 Å². The second-order valence-corrected chi connectivity index (χ2v) is 8.05. The van der Waals surface area contributed by atoms with E-state index in [9.17, 15) is 9.59 Å². The zero-order valence-electron chi connectivity index (χ0n) is 14.0. The summed E-state index contributed by atoms with van der Waals surface area (Å²) >= 11 is 0. The Bertz CT molecular complexity index is 515. The number of rotatable bonds is 2. The average Bonchev–Trinajstić information content (AvgIpc) is 2.74. The highest BCUT2D eigenvalue weighted by atomic mass is 19.1. The lowest BCUT2D eigenvalue weighted by atomic mass is 9.70. The van der Waals surface area contributed by atoms with Crippen molar-refractivity contribution in [2.24, 2.45) is 16.7 Å². The minimum Gasteiger partial charge on any atom is -0.342 e. The van der Waals surface area contributed by atoms with Gasteiger partial charge in [-0.25, -0.2) is 4.39 Å². The Morgan fingerprint density at radius 1 is 1.23 bits per heavy atom. The summed E-state index contributed by atoms with van der Waals surface area (Å²) in [7, 11) is 1.73. The topological polar surface area (TPSA) is 49.4 Å². The Kier molecular flexibility index (Phi) is 3.44. The van der Waals surface area contributed by atoms with Crippen LogP contribution in [0.4, 0.5) is 4.39 Å². The molecule has 2 aliphatic carbocycles. The number of nitrogens with one attached hydrogen (secondary N) is 1. The van der Waals surface area contributed by atoms with E-state index in [0.29, 0.717) is 12.8 Å². The highest BCUT2D eigenvalue weighted by Crippen LogP contribution is 2.69. The van der Waals surface area contributed by atoms with Gasteiger partial charge in [0.2, 0.25) is 5.91 Å². The van der Waals surface area contributed by atoms with Crippen molar-refractivity contribution in [2.45, 2.75) is 58.2 Å². The SMILES string of the molecule is CN(C(=O)C1C(=O)C2(C)CCC1(F)C2(C)C)C1CCNCC1. The van der Waals surface area contributed by atoms with Gasteiger partial charge in [0.15, 0.2) is 5.78 Å². The molecule has 0 radical (unpaired) electrons. The lowest BCUT2D eigenvalue weighted by molar-refractivity contribution is -0.149. The number of piperidine rings is 1. The number of fused-ring (bicyclic) bond motifs is 2. The van der Waals surface area contributed by atoms with Gasteiger partial charge in [-0.1, -0.05) is 20.8 Å². The van der Waals surface area contributed by atoms with E-state index in [-0.39, 0.29) is 17.7 Å². The summed E-state index contributed by atoms with van der Waals surface area (Å²) in [6.45, 7) is 7.20. The zero-order valence-corrected chi connectivity index (χ0v) is 14.0. The Morgan fingerprint density at radius 3 is 2.32 bits per heavy atom. The molecule has 124 valence electrons. The largest absolute Gasteiger partial charge is 0.342 e. The van der Waals surface area contributed by atoms with Crippen LogP contribution >= 0.6 is 0 Å². The maximum Gasteiger partial charge on any atom is 0.236 e. The molecule has 3 rings (SSSR count). The number of nitrogens with zero attached hydrogens (tertiary/aromatic N) is 1. The summed E-state index contributed by atoms with van der Waals surface area (Å²) in [5, 5.41) is 3.26. The molecule has 0 aromatic carbocycles. The van der Waals surface area contributed by atoms with Crippen LogP contribution in [0, 0.1) is 16.7 Å². The van der Waals surface area contributed by atoms with Gasteiger partial charge in [0.05, 0.1) is 0 Å². The average molecular weight is 310 g/mol. The molecule has 1 aliphatic heterocycles. The molecule has 3 fully saturated rings. The molecule has 3 atom stereocenters. The molecule has 2 saturated carbocycles. The first kappa shape index (κ1) is 15.9. The van der Waals surface area contributed by atoms with Crippen LogP contribution in [-0.2, 0) is 9.59 Å². The molecule has 1 saturated heterocycles. The van der Waals surface area contributed by atoms with Crippen molar-refractivity contribution in [1.29, 1.82) is 0 Å². The molecule has 5 heteroatoms. The van der Waals surface area contributed by atoms with E-state index >= 15 is 4.39 Å². The van der Waals surface area contributed by atoms with Crippen molar-refractivity contribution in [3.8, 4) is 0 Å². The maximum absolute atomic E-state index is 15.7. The number of hydrogen-bond donors (Lipinski definition) is 1. The molecule has 1 N–H and O–H groups in total. The fourth-order valence-electron chi connectivity index (χ4n) is 4.86. The van der Waals surface area contributed by atoms with Crippen LogP contribution in [0.15, 0.2) is 0 Å². The van der Waals surface area contributed by atoms with Crippen LogP contribution in [0.25, 0.3) is 0 Å². The predicted molar refractivity (Wildman–Crippen MR) is 82.1 cm³/mol. The van der Waals surface area contributed by atoms with Gasteiger partial charge in [0.1, 0.15) is 11.6 Å². The van der Waals surface area contributed by atoms with E-state index in [4.69, 9.17) is 0 Å². The van der Waals surface area contributed by atoms with E-state index in [1.807, 2.05) is 20.8 Å². The van der Waals surface area contributed by atoms with Crippen molar-refractivity contribution in [3.63, 3.8) is 0 Å². The van der Waals surface area contributed by atoms with Crippen molar-refractivity contribution >= 4 is 11.7 Å². The van der Waals surface area contributed by atoms with E-state index in [0.717, 1.165) is 25.9 Å². The molecule has 3 aliphatic rings. The number of halogens is 1. The second-order valence-electron chi connectivity index (χ2n) is 8.05. The van der Waals surface area contributed by atoms with E-state index < -0.39 is 22.4 Å². The Morgan fingerprint density at radius 2 is 1.82 bits per heavy atom. The summed E-state index contributed by atoms with van der Waals surface area (Å²) in [6.07, 6.45) is 2.60. The first-order valence-electron chi connectivity index (χ1n) is 8.37. The minimum absolute atomic E-state index is 0.111. The quantitative estimate of drug-likeness (QED) is 0.793. The molecule has 2 bridgehead atoms. The number of Topliss-reactive ketones (excluding diaryl/α,β-unsaturated/α-hetero) is 1. The summed E-state index contributed by atoms with van der Waals surface area (Å²) < 4.78 is 15.7. The van der Waals surface area contributed by atoms with Crippen LogP contribution in [0.1, 0.15) is 46.5 Å². The fraction of sp³-hybridized carbons (Fsp3) is 0.882. The minimum atomic E-state index is -1.70. The van der Waals surface area contributed by atoms with E-state index in [1.165, 1.54) is 0 Å². The molecule has 4 nitrogen and oxygen atoms in total. The van der Waals surface area contributed by atoms with E-state index in [1.54, 1.807) is 11.9 Å². The van der Waals surface area contributed by atoms with Gasteiger partial charge in [-0.3, -0.25) is 9.59 Å². The third kappa shape index (κ3) is 1.72. The smallest absolute Gasteiger partial charge is 0.236 e. The van der Waals surface area contributed by atoms with Gasteiger partial charge in [-0.05, 0) is 38.8 Å². The number of ketones is 1. The number of amides is 1. The number of carbonyl (C=O) groups excluding carboxylic acids is 2. The fourth-order valence-corrected chi connectivity index (χ4v) is 4.86. The van der Waals surface area contributed by atoms with Crippen molar-refractivity contribution in [1.82, 2.24) is 10.2 Å². The molecule has 22 heavy (non-hydrogen) atoms. The zero-order chi connectivity index (χ0) is 16.3. The first-order chi connectivity index (χ1) is 10.2. The van der Waals surface area contributed by atoms with Gasteiger partial charge in [-0.15, -0.1) is 0 Å². The van der Waals surface area contributed by atoms with Crippen LogP contribution in [0.2, 0.25) is 0 Å². The van der Waals surface area contributed by atoms with Crippen LogP contribution in [0.5, 0.6) is 0 Å². The summed E-state index contributed by atoms with van der Waals surface area (Å²) in [5.41, 5.74) is -3.18. The van der Waals surface area contributed by atoms with Crippen LogP contribution in [-0.4, -0.2) is 48.4 Å². The second kappa shape index (κ2) is 4.76. The van der Waals surface area contributed by atoms with Crippen molar-refractivity contribution in [3.05, 3.63) is 0 Å². The van der Waals surface area contributed by atoms with Crippen LogP contribution < -0.4 is 5.32 Å². The molecule has 0 spiro atoms. The third-order valence-electron chi connectivity index (χ3n) is 7.12. The van der Waals surface area contributed by atoms with Gasteiger partial charge in [-0.2, -0.15) is 0 Å². The molecule has 0 aromatic rings. The summed E-state index contributed by atoms with van der Waals surface area (Å²) in [4.78, 5) is 27.4. The molecular weight excluding hydrogens is 283 g/mol.